The first-order valence-corrected chi connectivity index (χ1v) is 9.33. The number of aromatic nitrogens is 1. The van der Waals surface area contributed by atoms with Gasteiger partial charge in [-0.15, -0.1) is 0 Å². The van der Waals surface area contributed by atoms with Gasteiger partial charge in [0.2, 0.25) is 0 Å². The first-order chi connectivity index (χ1) is 14.4. The van der Waals surface area contributed by atoms with E-state index in [1.54, 1.807) is 22.9 Å². The molecule has 7 nitrogen and oxygen atoms in total. The first-order valence-electron chi connectivity index (χ1n) is 9.33. The number of hydrogen-bond donors (Lipinski definition) is 1. The lowest BCUT2D eigenvalue weighted by Crippen LogP contribution is -2.54. The van der Waals surface area contributed by atoms with E-state index in [1.165, 1.54) is 6.08 Å². The van der Waals surface area contributed by atoms with Crippen molar-refractivity contribution < 1.29 is 14.4 Å². The van der Waals surface area contributed by atoms with Gasteiger partial charge in [-0.1, -0.05) is 24.3 Å². The molecule has 1 fully saturated rings. The van der Waals surface area contributed by atoms with Crippen molar-refractivity contribution in [3.8, 4) is 6.07 Å². The number of carbonyl (C=O) groups is 3. The molecule has 148 valence electrons. The van der Waals surface area contributed by atoms with Gasteiger partial charge in [0.05, 0.1) is 11.8 Å². The monoisotopic (exact) mass is 398 g/mol. The van der Waals surface area contributed by atoms with Crippen molar-refractivity contribution in [2.24, 2.45) is 0 Å². The van der Waals surface area contributed by atoms with Crippen LogP contribution in [0.15, 0.2) is 54.2 Å². The highest BCUT2D eigenvalue weighted by atomic mass is 16.2. The molecule has 0 aliphatic carbocycles. The number of hydrogen-bond acceptors (Lipinski definition) is 4. The average molecular weight is 398 g/mol. The number of fused-ring (bicyclic) bond motifs is 1. The van der Waals surface area contributed by atoms with Gasteiger partial charge < -0.3 is 4.57 Å². The summed E-state index contributed by atoms with van der Waals surface area (Å²) in [5.41, 5.74) is 3.49. The van der Waals surface area contributed by atoms with Crippen LogP contribution >= 0.6 is 0 Å². The molecule has 0 atom stereocenters. The number of carbonyl (C=O) groups excluding carboxylic acids is 3. The van der Waals surface area contributed by atoms with Crippen LogP contribution in [0, 0.1) is 25.2 Å². The second-order valence-corrected chi connectivity index (χ2v) is 7.19. The maximum Gasteiger partial charge on any atom is 0.335 e. The summed E-state index contributed by atoms with van der Waals surface area (Å²) >= 11 is 0. The molecule has 1 aliphatic heterocycles. The molecule has 4 rings (SSSR count). The zero-order valence-electron chi connectivity index (χ0n) is 16.5. The topological polar surface area (TPSA) is 95.2 Å². The molecule has 2 heterocycles. The lowest BCUT2D eigenvalue weighted by atomic mass is 10.0. The van der Waals surface area contributed by atoms with Gasteiger partial charge in [-0.2, -0.15) is 5.26 Å². The van der Waals surface area contributed by atoms with Crippen molar-refractivity contribution in [2.45, 2.75) is 20.4 Å². The van der Waals surface area contributed by atoms with Crippen molar-refractivity contribution in [2.75, 3.05) is 4.90 Å². The molecule has 2 aromatic carbocycles. The lowest BCUT2D eigenvalue weighted by molar-refractivity contribution is -0.122. The number of rotatable bonds is 3. The standard InChI is InChI=1S/C23H18N4O3/c1-14-9-15(2)11-17(10-14)27-22(29)19(21(28)25-23(27)30)12-16-13-26(8-7-24)20-6-4-3-5-18(16)20/h3-6,9-13H,8H2,1-2H3,(H,25,28,30). The van der Waals surface area contributed by atoms with E-state index in [0.717, 1.165) is 26.9 Å². The number of nitrogens with zero attached hydrogens (tertiary/aromatic N) is 3. The minimum Gasteiger partial charge on any atom is -0.333 e. The molecular weight excluding hydrogens is 380 g/mol. The molecule has 7 heteroatoms. The van der Waals surface area contributed by atoms with Gasteiger partial charge in [-0.3, -0.25) is 14.9 Å². The van der Waals surface area contributed by atoms with E-state index in [4.69, 9.17) is 5.26 Å². The molecule has 30 heavy (non-hydrogen) atoms. The van der Waals surface area contributed by atoms with Crippen LogP contribution in [0.2, 0.25) is 0 Å². The number of nitrogens with one attached hydrogen (secondary N) is 1. The number of urea groups is 1. The van der Waals surface area contributed by atoms with Crippen molar-refractivity contribution in [1.29, 1.82) is 5.26 Å². The Kier molecular flexibility index (Phi) is 4.68. The van der Waals surface area contributed by atoms with Crippen molar-refractivity contribution in [1.82, 2.24) is 9.88 Å². The highest BCUT2D eigenvalue weighted by Crippen LogP contribution is 2.27. The molecule has 1 aromatic heterocycles. The van der Waals surface area contributed by atoms with Gasteiger partial charge in [0, 0.05) is 22.7 Å². The minimum atomic E-state index is -0.779. The Morgan fingerprint density at radius 1 is 1.07 bits per heavy atom. The van der Waals surface area contributed by atoms with Gasteiger partial charge in [0.25, 0.3) is 11.8 Å². The van der Waals surface area contributed by atoms with E-state index in [-0.39, 0.29) is 12.1 Å². The summed E-state index contributed by atoms with van der Waals surface area (Å²) in [7, 11) is 0. The van der Waals surface area contributed by atoms with Crippen molar-refractivity contribution in [3.05, 3.63) is 70.9 Å². The largest absolute Gasteiger partial charge is 0.335 e. The fraction of sp³-hybridized carbons (Fsp3) is 0.130. The second kappa shape index (κ2) is 7.33. The summed E-state index contributed by atoms with van der Waals surface area (Å²) in [6.45, 7) is 3.88. The van der Waals surface area contributed by atoms with Crippen LogP contribution in [0.5, 0.6) is 0 Å². The minimum absolute atomic E-state index is 0.136. The Balaban J connectivity index is 1.82. The molecule has 0 radical (unpaired) electrons. The smallest absolute Gasteiger partial charge is 0.333 e. The Morgan fingerprint density at radius 2 is 1.77 bits per heavy atom. The number of amides is 4. The predicted molar refractivity (Wildman–Crippen MR) is 112 cm³/mol. The van der Waals surface area contributed by atoms with Gasteiger partial charge in [0.1, 0.15) is 12.1 Å². The van der Waals surface area contributed by atoms with Crippen LogP contribution < -0.4 is 10.2 Å². The van der Waals surface area contributed by atoms with E-state index in [9.17, 15) is 14.4 Å². The molecule has 0 unspecified atom stereocenters. The number of imide groups is 2. The highest BCUT2D eigenvalue weighted by Gasteiger charge is 2.37. The van der Waals surface area contributed by atoms with Crippen LogP contribution in [0.1, 0.15) is 16.7 Å². The Morgan fingerprint density at radius 3 is 2.47 bits per heavy atom. The first kappa shape index (κ1) is 19.2. The average Bonchev–Trinajstić information content (AvgIpc) is 3.02. The summed E-state index contributed by atoms with van der Waals surface area (Å²) in [4.78, 5) is 39.1. The molecular formula is C23H18N4O3. The summed E-state index contributed by atoms with van der Waals surface area (Å²) in [5.74, 6) is -1.44. The van der Waals surface area contributed by atoms with Gasteiger partial charge in [0.15, 0.2) is 0 Å². The highest BCUT2D eigenvalue weighted by molar-refractivity contribution is 6.39. The van der Waals surface area contributed by atoms with E-state index >= 15 is 0 Å². The van der Waals surface area contributed by atoms with Crippen LogP contribution in [0.3, 0.4) is 0 Å². The second-order valence-electron chi connectivity index (χ2n) is 7.19. The zero-order chi connectivity index (χ0) is 21.4. The number of benzene rings is 2. The van der Waals surface area contributed by atoms with Gasteiger partial charge in [-0.05, 0) is 49.2 Å². The Bertz CT molecular complexity index is 1270. The molecule has 0 saturated carbocycles. The lowest BCUT2D eigenvalue weighted by Gasteiger charge is -2.26. The molecule has 4 amide bonds. The Labute approximate surface area is 172 Å². The predicted octanol–water partition coefficient (Wildman–Crippen LogP) is 3.45. The quantitative estimate of drug-likeness (QED) is 0.540. The van der Waals surface area contributed by atoms with Crippen LogP contribution in [0.25, 0.3) is 17.0 Å². The van der Waals surface area contributed by atoms with Gasteiger partial charge >= 0.3 is 6.03 Å². The zero-order valence-corrected chi connectivity index (χ0v) is 16.5. The van der Waals surface area contributed by atoms with Crippen molar-refractivity contribution in [3.63, 3.8) is 0 Å². The van der Waals surface area contributed by atoms with E-state index in [1.807, 2.05) is 44.2 Å². The third-order valence-corrected chi connectivity index (χ3v) is 4.93. The summed E-state index contributed by atoms with van der Waals surface area (Å²) < 4.78 is 1.75. The van der Waals surface area contributed by atoms with E-state index < -0.39 is 17.8 Å². The van der Waals surface area contributed by atoms with Crippen molar-refractivity contribution >= 4 is 40.5 Å². The summed E-state index contributed by atoms with van der Waals surface area (Å²) in [5, 5.41) is 12.1. The summed E-state index contributed by atoms with van der Waals surface area (Å²) in [6, 6.07) is 14.1. The van der Waals surface area contributed by atoms with E-state index in [2.05, 4.69) is 11.4 Å². The summed E-state index contributed by atoms with van der Waals surface area (Å²) in [6.07, 6.45) is 3.19. The number of barbiturate groups is 1. The number of para-hydroxylation sites is 1. The maximum absolute atomic E-state index is 13.2. The SMILES string of the molecule is Cc1cc(C)cc(N2C(=O)NC(=O)C(=Cc3cn(CC#N)c4ccccc34)C2=O)c1. The van der Waals surface area contributed by atoms with E-state index in [0.29, 0.717) is 11.3 Å². The molecule has 0 spiro atoms. The van der Waals surface area contributed by atoms with Crippen LogP contribution in [0.4, 0.5) is 10.5 Å². The maximum atomic E-state index is 13.2. The molecule has 3 aromatic rings. The fourth-order valence-electron chi connectivity index (χ4n) is 3.72. The number of aryl methyl sites for hydroxylation is 2. The normalized spacial score (nSPS) is 15.6. The molecule has 1 saturated heterocycles. The third kappa shape index (κ3) is 3.25. The molecule has 1 aliphatic rings. The van der Waals surface area contributed by atoms with Gasteiger partial charge in [-0.25, -0.2) is 9.69 Å². The Hall–Kier alpha value is -4.18. The fourth-order valence-corrected chi connectivity index (χ4v) is 3.72. The molecule has 0 bridgehead atoms. The molecule has 1 N–H and O–H groups in total. The van der Waals surface area contributed by atoms with Crippen LogP contribution in [-0.2, 0) is 16.1 Å². The number of nitriles is 1. The third-order valence-electron chi connectivity index (χ3n) is 4.93. The number of anilines is 1. The van der Waals surface area contributed by atoms with Crippen LogP contribution in [-0.4, -0.2) is 22.4 Å².